The van der Waals surface area contributed by atoms with Crippen molar-refractivity contribution in [2.24, 2.45) is 23.0 Å². The standard InChI is InChI=1S/C18H27N3O3/c19-11-18(24)3-1-5-21(18)15(22)14(20)16-4-2-12-6-13(7-16)9-17(23,8-12)10-16/h12-14,23-24H,1-10,20H2. The fraction of sp³-hybridized carbons (Fsp3) is 0.889. The molecule has 6 atom stereocenters. The highest BCUT2D eigenvalue weighted by Crippen LogP contribution is 2.59. The van der Waals surface area contributed by atoms with E-state index in [1.54, 1.807) is 0 Å². The molecule has 4 aliphatic carbocycles. The lowest BCUT2D eigenvalue weighted by molar-refractivity contribution is -0.154. The van der Waals surface area contributed by atoms with Crippen LogP contribution >= 0.6 is 0 Å². The molecule has 4 N–H and O–H groups in total. The molecule has 1 saturated heterocycles. The molecule has 0 spiro atoms. The van der Waals surface area contributed by atoms with E-state index in [-0.39, 0.29) is 17.7 Å². The van der Waals surface area contributed by atoms with E-state index in [1.165, 1.54) is 4.90 Å². The molecule has 6 nitrogen and oxygen atoms in total. The van der Waals surface area contributed by atoms with E-state index >= 15 is 0 Å². The first-order chi connectivity index (χ1) is 11.3. The summed E-state index contributed by atoms with van der Waals surface area (Å²) < 4.78 is 0. The molecule has 0 aromatic carbocycles. The van der Waals surface area contributed by atoms with Gasteiger partial charge < -0.3 is 20.8 Å². The molecule has 4 saturated carbocycles. The first-order valence-corrected chi connectivity index (χ1v) is 9.22. The van der Waals surface area contributed by atoms with Crippen LogP contribution in [-0.4, -0.2) is 44.9 Å². The molecule has 5 rings (SSSR count). The number of carbonyl (C=O) groups is 1. The highest BCUT2D eigenvalue weighted by Gasteiger charge is 2.58. The summed E-state index contributed by atoms with van der Waals surface area (Å²) in [6.45, 7) is 0.378. The lowest BCUT2D eigenvalue weighted by Crippen LogP contribution is -2.61. The number of hydrogen-bond donors (Lipinski definition) is 3. The third kappa shape index (κ3) is 2.29. The molecule has 4 bridgehead atoms. The Labute approximate surface area is 142 Å². The minimum Gasteiger partial charge on any atom is -0.390 e. The predicted molar refractivity (Wildman–Crippen MR) is 86.2 cm³/mol. The fourth-order valence-electron chi connectivity index (χ4n) is 6.33. The molecular formula is C18H27N3O3. The number of likely N-dealkylation sites (tertiary alicyclic amines) is 1. The van der Waals surface area contributed by atoms with Crippen LogP contribution in [0.1, 0.15) is 57.8 Å². The molecule has 1 amide bonds. The first kappa shape index (κ1) is 16.3. The van der Waals surface area contributed by atoms with Crippen LogP contribution in [0.2, 0.25) is 0 Å². The summed E-state index contributed by atoms with van der Waals surface area (Å²) in [5.41, 5.74) is 3.68. The van der Waals surface area contributed by atoms with Crippen molar-refractivity contribution in [3.63, 3.8) is 0 Å². The number of amides is 1. The van der Waals surface area contributed by atoms with Crippen molar-refractivity contribution in [1.29, 1.82) is 5.26 Å². The topological polar surface area (TPSA) is 111 Å². The van der Waals surface area contributed by atoms with Gasteiger partial charge in [0.15, 0.2) is 0 Å². The minimum atomic E-state index is -1.72. The van der Waals surface area contributed by atoms with Gasteiger partial charge in [-0.2, -0.15) is 5.26 Å². The van der Waals surface area contributed by atoms with E-state index in [9.17, 15) is 20.3 Å². The van der Waals surface area contributed by atoms with Crippen molar-refractivity contribution < 1.29 is 15.0 Å². The van der Waals surface area contributed by atoms with Crippen LogP contribution in [0.5, 0.6) is 0 Å². The second kappa shape index (κ2) is 5.17. The molecule has 132 valence electrons. The van der Waals surface area contributed by atoms with E-state index < -0.39 is 17.4 Å². The van der Waals surface area contributed by atoms with Gasteiger partial charge in [0.1, 0.15) is 6.07 Å². The molecule has 0 aromatic rings. The highest BCUT2D eigenvalue weighted by atomic mass is 16.3. The van der Waals surface area contributed by atoms with Gasteiger partial charge >= 0.3 is 0 Å². The average molecular weight is 333 g/mol. The fourth-order valence-corrected chi connectivity index (χ4v) is 6.33. The largest absolute Gasteiger partial charge is 0.390 e. The van der Waals surface area contributed by atoms with Crippen LogP contribution in [0.4, 0.5) is 0 Å². The first-order valence-electron chi connectivity index (χ1n) is 9.22. The van der Waals surface area contributed by atoms with Gasteiger partial charge in [-0.25, -0.2) is 0 Å². The van der Waals surface area contributed by atoms with Crippen molar-refractivity contribution >= 4 is 5.91 Å². The van der Waals surface area contributed by atoms with Crippen molar-refractivity contribution in [3.05, 3.63) is 0 Å². The zero-order valence-corrected chi connectivity index (χ0v) is 14.1. The van der Waals surface area contributed by atoms with Gasteiger partial charge in [0.25, 0.3) is 0 Å². The summed E-state index contributed by atoms with van der Waals surface area (Å²) in [5.74, 6) is 0.667. The van der Waals surface area contributed by atoms with Gasteiger partial charge in [0.05, 0.1) is 11.6 Å². The number of fused-ring (bicyclic) bond motifs is 1. The maximum Gasteiger partial charge on any atom is 0.243 e. The van der Waals surface area contributed by atoms with Crippen LogP contribution in [0.25, 0.3) is 0 Å². The molecule has 6 unspecified atom stereocenters. The van der Waals surface area contributed by atoms with Gasteiger partial charge in [-0.3, -0.25) is 4.79 Å². The molecule has 5 fully saturated rings. The maximum absolute atomic E-state index is 13.1. The van der Waals surface area contributed by atoms with Crippen LogP contribution < -0.4 is 5.73 Å². The second-order valence-corrected chi connectivity index (χ2v) is 8.88. The van der Waals surface area contributed by atoms with Crippen LogP contribution in [0.15, 0.2) is 0 Å². The van der Waals surface area contributed by atoms with E-state index in [0.29, 0.717) is 31.2 Å². The Morgan fingerprint density at radius 2 is 2.00 bits per heavy atom. The number of carbonyl (C=O) groups excluding carboxylic acids is 1. The smallest absolute Gasteiger partial charge is 0.243 e. The Hall–Kier alpha value is -1.16. The zero-order valence-electron chi connectivity index (χ0n) is 14.1. The Morgan fingerprint density at radius 3 is 2.71 bits per heavy atom. The summed E-state index contributed by atoms with van der Waals surface area (Å²) in [5, 5.41) is 30.7. The average Bonchev–Trinajstić information content (AvgIpc) is 2.82. The Balaban J connectivity index is 1.63. The summed E-state index contributed by atoms with van der Waals surface area (Å²) in [7, 11) is 0. The zero-order chi connectivity index (χ0) is 17.2. The van der Waals surface area contributed by atoms with Gasteiger partial charge in [-0.15, -0.1) is 0 Å². The molecule has 1 heterocycles. The molecule has 5 aliphatic rings. The molecule has 24 heavy (non-hydrogen) atoms. The minimum absolute atomic E-state index is 0.281. The van der Waals surface area contributed by atoms with E-state index in [1.807, 2.05) is 6.07 Å². The third-order valence-corrected chi connectivity index (χ3v) is 7.16. The van der Waals surface area contributed by atoms with Gasteiger partial charge in [-0.05, 0) is 68.6 Å². The number of nitrogens with two attached hydrogens (primary N) is 1. The molecular weight excluding hydrogens is 306 g/mol. The lowest BCUT2D eigenvalue weighted by atomic mass is 9.57. The number of aliphatic hydroxyl groups is 2. The normalized spacial score (nSPS) is 48.2. The maximum atomic E-state index is 13.1. The Kier molecular flexibility index (Phi) is 3.51. The Morgan fingerprint density at radius 1 is 1.25 bits per heavy atom. The highest BCUT2D eigenvalue weighted by molar-refractivity contribution is 5.84. The lowest BCUT2D eigenvalue weighted by Gasteiger charge is -2.52. The van der Waals surface area contributed by atoms with Crippen LogP contribution in [0.3, 0.4) is 0 Å². The number of nitriles is 1. The predicted octanol–water partition coefficient (Wildman–Crippen LogP) is 0.870. The van der Waals surface area contributed by atoms with E-state index in [0.717, 1.165) is 38.5 Å². The van der Waals surface area contributed by atoms with Crippen LogP contribution in [-0.2, 0) is 4.79 Å². The van der Waals surface area contributed by atoms with Gasteiger partial charge in [0, 0.05) is 13.0 Å². The quantitative estimate of drug-likeness (QED) is 0.649. The third-order valence-electron chi connectivity index (χ3n) is 7.16. The monoisotopic (exact) mass is 333 g/mol. The summed E-state index contributed by atoms with van der Waals surface area (Å²) in [4.78, 5) is 14.3. The summed E-state index contributed by atoms with van der Waals surface area (Å²) in [6, 6.07) is 1.13. The van der Waals surface area contributed by atoms with Crippen molar-refractivity contribution in [2.75, 3.05) is 6.54 Å². The van der Waals surface area contributed by atoms with Gasteiger partial charge in [0.2, 0.25) is 11.6 Å². The molecule has 1 aliphatic heterocycles. The molecule has 6 heteroatoms. The summed E-state index contributed by atoms with van der Waals surface area (Å²) >= 11 is 0. The Bertz CT molecular complexity index is 605. The second-order valence-electron chi connectivity index (χ2n) is 8.88. The van der Waals surface area contributed by atoms with Crippen molar-refractivity contribution in [2.45, 2.75) is 75.2 Å². The van der Waals surface area contributed by atoms with E-state index in [2.05, 4.69) is 0 Å². The molecule has 0 radical (unpaired) electrons. The number of nitrogens with zero attached hydrogens (tertiary/aromatic N) is 2. The SMILES string of the molecule is N#CC1(O)CCCN1C(=O)C(N)C12CCC3CC(CC(O)(C3)C1)C2. The summed E-state index contributed by atoms with van der Waals surface area (Å²) in [6.07, 6.45) is 7.04. The number of rotatable bonds is 2. The van der Waals surface area contributed by atoms with Gasteiger partial charge in [-0.1, -0.05) is 0 Å². The van der Waals surface area contributed by atoms with Crippen LogP contribution in [0, 0.1) is 28.6 Å². The van der Waals surface area contributed by atoms with E-state index in [4.69, 9.17) is 5.73 Å². The van der Waals surface area contributed by atoms with Crippen molar-refractivity contribution in [3.8, 4) is 6.07 Å². The number of hydrogen-bond acceptors (Lipinski definition) is 5. The van der Waals surface area contributed by atoms with Crippen molar-refractivity contribution in [1.82, 2.24) is 4.90 Å². The molecule has 0 aromatic heterocycles.